The largest absolute Gasteiger partial charge is 0.347 e. The van der Waals surface area contributed by atoms with Crippen LogP contribution in [0.2, 0.25) is 0 Å². The lowest BCUT2D eigenvalue weighted by molar-refractivity contribution is 0.0954. The van der Waals surface area contributed by atoms with Crippen LogP contribution in [-0.4, -0.2) is 25.7 Å². The zero-order valence-corrected chi connectivity index (χ0v) is 13.1. The summed E-state index contributed by atoms with van der Waals surface area (Å²) in [6.07, 6.45) is 7.26. The van der Waals surface area contributed by atoms with E-state index in [2.05, 4.69) is 20.4 Å². The fourth-order valence-electron chi connectivity index (χ4n) is 2.09. The monoisotopic (exact) mass is 313 g/mol. The number of carbonyl (C=O) groups excluding carboxylic acids is 1. The number of aromatic nitrogens is 4. The number of thiazole rings is 1. The fourth-order valence-corrected chi connectivity index (χ4v) is 2.81. The van der Waals surface area contributed by atoms with E-state index in [4.69, 9.17) is 0 Å². The second-order valence-electron chi connectivity index (χ2n) is 4.93. The van der Waals surface area contributed by atoms with E-state index in [9.17, 15) is 4.79 Å². The van der Waals surface area contributed by atoms with Gasteiger partial charge in [-0.05, 0) is 18.6 Å². The molecule has 0 spiro atoms. The lowest BCUT2D eigenvalue weighted by Gasteiger charge is -2.05. The molecule has 0 unspecified atom stereocenters. The predicted octanol–water partition coefficient (Wildman–Crippen LogP) is 2.18. The van der Waals surface area contributed by atoms with Crippen molar-refractivity contribution >= 4 is 17.2 Å². The van der Waals surface area contributed by atoms with Crippen LogP contribution < -0.4 is 5.32 Å². The smallest absolute Gasteiger partial charge is 0.263 e. The van der Waals surface area contributed by atoms with Crippen LogP contribution >= 0.6 is 11.3 Å². The molecule has 1 amide bonds. The van der Waals surface area contributed by atoms with Gasteiger partial charge in [0, 0.05) is 43.3 Å². The molecule has 0 aliphatic rings. The average molecular weight is 313 g/mol. The lowest BCUT2D eigenvalue weighted by atomic mass is 10.1. The molecule has 3 heterocycles. The van der Waals surface area contributed by atoms with Crippen LogP contribution in [-0.2, 0) is 13.6 Å². The molecule has 6 nitrogen and oxygen atoms in total. The van der Waals surface area contributed by atoms with E-state index in [-0.39, 0.29) is 5.91 Å². The summed E-state index contributed by atoms with van der Waals surface area (Å²) in [6.45, 7) is 2.26. The summed E-state index contributed by atoms with van der Waals surface area (Å²) in [5.41, 5.74) is 5.35. The molecule has 0 aliphatic carbocycles. The van der Waals surface area contributed by atoms with Crippen molar-refractivity contribution in [3.05, 3.63) is 52.5 Å². The molecule has 3 aromatic heterocycles. The van der Waals surface area contributed by atoms with Crippen molar-refractivity contribution in [2.75, 3.05) is 0 Å². The van der Waals surface area contributed by atoms with Crippen LogP contribution in [0.15, 0.2) is 36.4 Å². The molecule has 0 aliphatic heterocycles. The third-order valence-corrected chi connectivity index (χ3v) is 4.17. The Labute approximate surface area is 131 Å². The van der Waals surface area contributed by atoms with Gasteiger partial charge in [-0.2, -0.15) is 5.10 Å². The maximum Gasteiger partial charge on any atom is 0.263 e. The van der Waals surface area contributed by atoms with Crippen molar-refractivity contribution in [2.24, 2.45) is 7.05 Å². The van der Waals surface area contributed by atoms with E-state index in [1.165, 1.54) is 11.3 Å². The third kappa shape index (κ3) is 3.04. The first-order valence-electron chi connectivity index (χ1n) is 6.74. The van der Waals surface area contributed by atoms with E-state index >= 15 is 0 Å². The molecule has 3 rings (SSSR count). The highest BCUT2D eigenvalue weighted by atomic mass is 32.1. The average Bonchev–Trinajstić information content (AvgIpc) is 3.14. The molecule has 0 fully saturated rings. The van der Waals surface area contributed by atoms with Crippen LogP contribution in [0.4, 0.5) is 0 Å². The van der Waals surface area contributed by atoms with Crippen molar-refractivity contribution < 1.29 is 4.79 Å². The van der Waals surface area contributed by atoms with Crippen molar-refractivity contribution in [1.82, 2.24) is 25.1 Å². The zero-order valence-electron chi connectivity index (χ0n) is 12.3. The Morgan fingerprint density at radius 1 is 1.32 bits per heavy atom. The van der Waals surface area contributed by atoms with Gasteiger partial charge in [0.15, 0.2) is 0 Å². The van der Waals surface area contributed by atoms with Crippen LogP contribution in [0.25, 0.3) is 11.1 Å². The Kier molecular flexibility index (Phi) is 3.97. The molecule has 22 heavy (non-hydrogen) atoms. The number of pyridine rings is 1. The number of amides is 1. The second kappa shape index (κ2) is 6.07. The molecule has 112 valence electrons. The molecule has 0 bridgehead atoms. The minimum Gasteiger partial charge on any atom is -0.347 e. The highest BCUT2D eigenvalue weighted by molar-refractivity contribution is 7.11. The maximum atomic E-state index is 12.1. The van der Waals surface area contributed by atoms with E-state index < -0.39 is 0 Å². The number of hydrogen-bond donors (Lipinski definition) is 1. The van der Waals surface area contributed by atoms with Crippen LogP contribution in [0.5, 0.6) is 0 Å². The van der Waals surface area contributed by atoms with Gasteiger partial charge >= 0.3 is 0 Å². The van der Waals surface area contributed by atoms with Gasteiger partial charge in [-0.15, -0.1) is 11.3 Å². The van der Waals surface area contributed by atoms with Gasteiger partial charge in [-0.3, -0.25) is 14.5 Å². The fraction of sp³-hybridized carbons (Fsp3) is 0.200. The summed E-state index contributed by atoms with van der Waals surface area (Å²) < 4.78 is 1.75. The zero-order chi connectivity index (χ0) is 15.5. The minimum atomic E-state index is -0.105. The van der Waals surface area contributed by atoms with Gasteiger partial charge in [0.2, 0.25) is 0 Å². The summed E-state index contributed by atoms with van der Waals surface area (Å²) in [6, 6.07) is 2.00. The van der Waals surface area contributed by atoms with Crippen LogP contribution in [0.3, 0.4) is 0 Å². The first kappa shape index (κ1) is 14.4. The van der Waals surface area contributed by atoms with Gasteiger partial charge in [-0.1, -0.05) is 0 Å². The number of nitrogens with one attached hydrogen (secondary N) is 1. The molecule has 0 atom stereocenters. The SMILES string of the molecule is Cc1ncsc1C(=O)NCc1cncc(-c2cnn(C)c2)c1. The molecule has 0 saturated heterocycles. The normalized spacial score (nSPS) is 10.6. The van der Waals surface area contributed by atoms with Gasteiger partial charge < -0.3 is 5.32 Å². The third-order valence-electron chi connectivity index (χ3n) is 3.24. The molecule has 7 heteroatoms. The van der Waals surface area contributed by atoms with Crippen molar-refractivity contribution in [2.45, 2.75) is 13.5 Å². The summed E-state index contributed by atoms with van der Waals surface area (Å²) in [7, 11) is 1.87. The van der Waals surface area contributed by atoms with Gasteiger partial charge in [-0.25, -0.2) is 4.98 Å². The summed E-state index contributed by atoms with van der Waals surface area (Å²) in [4.78, 5) is 21.0. The van der Waals surface area contributed by atoms with E-state index in [0.29, 0.717) is 11.4 Å². The Balaban J connectivity index is 1.71. The Morgan fingerprint density at radius 3 is 2.86 bits per heavy atom. The van der Waals surface area contributed by atoms with E-state index in [1.807, 2.05) is 26.2 Å². The summed E-state index contributed by atoms with van der Waals surface area (Å²) in [5, 5.41) is 7.05. The van der Waals surface area contributed by atoms with Crippen LogP contribution in [0.1, 0.15) is 20.9 Å². The van der Waals surface area contributed by atoms with Crippen molar-refractivity contribution in [3.8, 4) is 11.1 Å². The van der Waals surface area contributed by atoms with E-state index in [1.54, 1.807) is 28.8 Å². The van der Waals surface area contributed by atoms with Gasteiger partial charge in [0.1, 0.15) is 4.88 Å². The number of rotatable bonds is 4. The molecular weight excluding hydrogens is 298 g/mol. The lowest BCUT2D eigenvalue weighted by Crippen LogP contribution is -2.22. The summed E-state index contributed by atoms with van der Waals surface area (Å²) >= 11 is 1.35. The van der Waals surface area contributed by atoms with Gasteiger partial charge in [0.25, 0.3) is 5.91 Å². The molecule has 3 aromatic rings. The second-order valence-corrected chi connectivity index (χ2v) is 5.79. The predicted molar refractivity (Wildman–Crippen MR) is 84.5 cm³/mol. The number of carbonyl (C=O) groups is 1. The molecule has 1 N–H and O–H groups in total. The first-order chi connectivity index (χ1) is 10.6. The molecule has 0 radical (unpaired) electrons. The Morgan fingerprint density at radius 2 is 2.18 bits per heavy atom. The van der Waals surface area contributed by atoms with Crippen LogP contribution in [0, 0.1) is 6.92 Å². The van der Waals surface area contributed by atoms with Gasteiger partial charge in [0.05, 0.1) is 17.4 Å². The van der Waals surface area contributed by atoms with E-state index in [0.717, 1.165) is 22.4 Å². The standard InChI is InChI=1S/C15H15N5OS/c1-10-14(22-9-18-10)15(21)17-5-11-3-12(6-16-4-11)13-7-19-20(2)8-13/h3-4,6-9H,5H2,1-2H3,(H,17,21). The maximum absolute atomic E-state index is 12.1. The van der Waals surface area contributed by atoms with Crippen molar-refractivity contribution in [1.29, 1.82) is 0 Å². The summed E-state index contributed by atoms with van der Waals surface area (Å²) in [5.74, 6) is -0.105. The Bertz CT molecular complexity index is 808. The number of nitrogens with zero attached hydrogens (tertiary/aromatic N) is 4. The van der Waals surface area contributed by atoms with Crippen molar-refractivity contribution in [3.63, 3.8) is 0 Å². The minimum absolute atomic E-state index is 0.105. The first-order valence-corrected chi connectivity index (χ1v) is 7.62. The number of hydrogen-bond acceptors (Lipinski definition) is 5. The molecule has 0 saturated carbocycles. The topological polar surface area (TPSA) is 72.7 Å². The number of aryl methyl sites for hydroxylation is 2. The molecular formula is C15H15N5OS. The highest BCUT2D eigenvalue weighted by Gasteiger charge is 2.11. The quantitative estimate of drug-likeness (QED) is 0.801. The Hall–Kier alpha value is -2.54. The molecule has 0 aromatic carbocycles. The highest BCUT2D eigenvalue weighted by Crippen LogP contribution is 2.18.